The summed E-state index contributed by atoms with van der Waals surface area (Å²) in [6.45, 7) is 6.46. The summed E-state index contributed by atoms with van der Waals surface area (Å²) >= 11 is 5.32. The molecule has 0 saturated carbocycles. The molecule has 1 aliphatic rings. The van der Waals surface area contributed by atoms with E-state index in [-0.39, 0.29) is 0 Å². The fraction of sp³-hybridized carbons (Fsp3) is 0.583. The second kappa shape index (κ2) is 6.51. The lowest BCUT2D eigenvalue weighted by Gasteiger charge is -2.36. The molecule has 19 heavy (non-hydrogen) atoms. The number of nitrogens with zero attached hydrogens (tertiary/aromatic N) is 4. The maximum Gasteiger partial charge on any atom is 0.233 e. The smallest absolute Gasteiger partial charge is 0.233 e. The molecule has 1 fully saturated rings. The number of ether oxygens (including phenoxy) is 1. The van der Waals surface area contributed by atoms with E-state index in [1.165, 1.54) is 0 Å². The van der Waals surface area contributed by atoms with Gasteiger partial charge in [-0.15, -0.1) is 0 Å². The van der Waals surface area contributed by atoms with Gasteiger partial charge in [0.1, 0.15) is 0 Å². The molecule has 1 aromatic heterocycles. The number of methoxy groups -OCH3 is 1. The van der Waals surface area contributed by atoms with E-state index in [4.69, 9.17) is 17.0 Å². The maximum absolute atomic E-state index is 5.32. The predicted molar refractivity (Wildman–Crippen MR) is 78.6 cm³/mol. The Morgan fingerprint density at radius 1 is 1.37 bits per heavy atom. The third kappa shape index (κ3) is 3.44. The summed E-state index contributed by atoms with van der Waals surface area (Å²) < 4.78 is 5.10. The third-order valence-electron chi connectivity index (χ3n) is 3.03. The van der Waals surface area contributed by atoms with E-state index >= 15 is 0 Å². The van der Waals surface area contributed by atoms with Crippen molar-refractivity contribution in [2.24, 2.45) is 0 Å². The number of piperazine rings is 1. The summed E-state index contributed by atoms with van der Waals surface area (Å²) in [4.78, 5) is 12.9. The summed E-state index contributed by atoms with van der Waals surface area (Å²) in [5.74, 6) is 1.40. The van der Waals surface area contributed by atoms with Crippen molar-refractivity contribution in [2.45, 2.75) is 6.92 Å². The monoisotopic (exact) mass is 281 g/mol. The van der Waals surface area contributed by atoms with Crippen molar-refractivity contribution in [1.29, 1.82) is 0 Å². The first-order valence-electron chi connectivity index (χ1n) is 6.38. The molecule has 0 bridgehead atoms. The van der Waals surface area contributed by atoms with Crippen LogP contribution in [0.5, 0.6) is 5.88 Å². The fourth-order valence-corrected chi connectivity index (χ4v) is 2.32. The van der Waals surface area contributed by atoms with Gasteiger partial charge >= 0.3 is 0 Å². The topological polar surface area (TPSA) is 53.5 Å². The van der Waals surface area contributed by atoms with Crippen molar-refractivity contribution in [3.05, 3.63) is 12.4 Å². The average molecular weight is 281 g/mol. The highest BCUT2D eigenvalue weighted by Crippen LogP contribution is 2.15. The van der Waals surface area contributed by atoms with Gasteiger partial charge in [0, 0.05) is 32.7 Å². The molecular formula is C12H19N5OS. The SMILES string of the molecule is CCNC(=S)N1CCN(c2cncc(OC)n2)CC1. The van der Waals surface area contributed by atoms with E-state index < -0.39 is 0 Å². The number of hydrogen-bond donors (Lipinski definition) is 1. The van der Waals surface area contributed by atoms with E-state index in [1.54, 1.807) is 19.5 Å². The van der Waals surface area contributed by atoms with Crippen LogP contribution in [0.3, 0.4) is 0 Å². The second-order valence-corrected chi connectivity index (χ2v) is 4.62. The maximum atomic E-state index is 5.32. The zero-order valence-electron chi connectivity index (χ0n) is 11.3. The van der Waals surface area contributed by atoms with Crippen LogP contribution < -0.4 is 15.0 Å². The van der Waals surface area contributed by atoms with Crippen molar-refractivity contribution in [2.75, 3.05) is 44.7 Å². The molecule has 1 saturated heterocycles. The number of thiocarbonyl (C=S) groups is 1. The Kier molecular flexibility index (Phi) is 4.73. The molecule has 7 heteroatoms. The Balaban J connectivity index is 1.94. The van der Waals surface area contributed by atoms with Crippen LogP contribution in [0.25, 0.3) is 0 Å². The Labute approximate surface area is 118 Å². The molecular weight excluding hydrogens is 262 g/mol. The van der Waals surface area contributed by atoms with E-state index in [0.29, 0.717) is 5.88 Å². The first kappa shape index (κ1) is 13.8. The van der Waals surface area contributed by atoms with Crippen molar-refractivity contribution in [3.8, 4) is 5.88 Å². The van der Waals surface area contributed by atoms with Gasteiger partial charge in [-0.25, -0.2) is 0 Å². The van der Waals surface area contributed by atoms with Gasteiger partial charge in [0.2, 0.25) is 5.88 Å². The van der Waals surface area contributed by atoms with Gasteiger partial charge in [-0.2, -0.15) is 4.98 Å². The number of rotatable bonds is 3. The highest BCUT2D eigenvalue weighted by atomic mass is 32.1. The molecule has 0 radical (unpaired) electrons. The average Bonchev–Trinajstić information content (AvgIpc) is 2.48. The van der Waals surface area contributed by atoms with Crippen molar-refractivity contribution >= 4 is 23.1 Å². The predicted octanol–water partition coefficient (Wildman–Crippen LogP) is 0.502. The van der Waals surface area contributed by atoms with Gasteiger partial charge < -0.3 is 19.9 Å². The zero-order chi connectivity index (χ0) is 13.7. The van der Waals surface area contributed by atoms with Crippen LogP contribution in [0.2, 0.25) is 0 Å². The van der Waals surface area contributed by atoms with E-state index in [0.717, 1.165) is 43.7 Å². The normalized spacial score (nSPS) is 15.3. The number of anilines is 1. The van der Waals surface area contributed by atoms with E-state index in [1.807, 2.05) is 6.92 Å². The molecule has 0 amide bonds. The molecule has 1 aromatic rings. The van der Waals surface area contributed by atoms with Gasteiger partial charge in [0.15, 0.2) is 10.9 Å². The number of aromatic nitrogens is 2. The summed E-state index contributed by atoms with van der Waals surface area (Å²) in [5.41, 5.74) is 0. The standard InChI is InChI=1S/C12H19N5OS/c1-3-14-12(19)17-6-4-16(5-7-17)10-8-13-9-11(15-10)18-2/h8-9H,3-7H2,1-2H3,(H,14,19). The lowest BCUT2D eigenvalue weighted by molar-refractivity contribution is 0.375. The van der Waals surface area contributed by atoms with Crippen LogP contribution in [0.4, 0.5) is 5.82 Å². The molecule has 0 aromatic carbocycles. The van der Waals surface area contributed by atoms with E-state index in [2.05, 4.69) is 25.1 Å². The Hall–Kier alpha value is -1.63. The molecule has 2 heterocycles. The highest BCUT2D eigenvalue weighted by molar-refractivity contribution is 7.80. The molecule has 0 unspecified atom stereocenters. The van der Waals surface area contributed by atoms with Gasteiger partial charge in [-0.05, 0) is 19.1 Å². The summed E-state index contributed by atoms with van der Waals surface area (Å²) in [6.07, 6.45) is 3.38. The Morgan fingerprint density at radius 2 is 2.11 bits per heavy atom. The minimum atomic E-state index is 0.545. The molecule has 6 nitrogen and oxygen atoms in total. The molecule has 2 rings (SSSR count). The third-order valence-corrected chi connectivity index (χ3v) is 3.43. The molecule has 1 N–H and O–H groups in total. The minimum Gasteiger partial charge on any atom is -0.480 e. The molecule has 0 aliphatic carbocycles. The number of hydrogen-bond acceptors (Lipinski definition) is 5. The Bertz CT molecular complexity index is 434. The zero-order valence-corrected chi connectivity index (χ0v) is 12.1. The van der Waals surface area contributed by atoms with Gasteiger partial charge in [0.05, 0.1) is 19.5 Å². The van der Waals surface area contributed by atoms with Gasteiger partial charge in [-0.3, -0.25) is 4.98 Å². The fourth-order valence-electron chi connectivity index (χ4n) is 1.99. The van der Waals surface area contributed by atoms with Crippen molar-refractivity contribution in [3.63, 3.8) is 0 Å². The van der Waals surface area contributed by atoms with Crippen LogP contribution in [0.1, 0.15) is 6.92 Å². The van der Waals surface area contributed by atoms with Crippen LogP contribution >= 0.6 is 12.2 Å². The van der Waals surface area contributed by atoms with Gasteiger partial charge in [-0.1, -0.05) is 0 Å². The van der Waals surface area contributed by atoms with Crippen LogP contribution in [-0.2, 0) is 0 Å². The van der Waals surface area contributed by atoms with Crippen LogP contribution in [-0.4, -0.2) is 59.8 Å². The lowest BCUT2D eigenvalue weighted by atomic mass is 10.3. The second-order valence-electron chi connectivity index (χ2n) is 4.23. The molecule has 0 spiro atoms. The largest absolute Gasteiger partial charge is 0.480 e. The summed E-state index contributed by atoms with van der Waals surface area (Å²) in [7, 11) is 1.60. The van der Waals surface area contributed by atoms with Crippen molar-refractivity contribution in [1.82, 2.24) is 20.2 Å². The first-order valence-corrected chi connectivity index (χ1v) is 6.79. The lowest BCUT2D eigenvalue weighted by Crippen LogP contribution is -2.51. The van der Waals surface area contributed by atoms with Crippen LogP contribution in [0, 0.1) is 0 Å². The van der Waals surface area contributed by atoms with Gasteiger partial charge in [0.25, 0.3) is 0 Å². The van der Waals surface area contributed by atoms with Crippen molar-refractivity contribution < 1.29 is 4.74 Å². The molecule has 0 atom stereocenters. The summed E-state index contributed by atoms with van der Waals surface area (Å²) in [5, 5.41) is 4.01. The Morgan fingerprint density at radius 3 is 2.74 bits per heavy atom. The molecule has 1 aliphatic heterocycles. The first-order chi connectivity index (χ1) is 9.24. The minimum absolute atomic E-state index is 0.545. The summed E-state index contributed by atoms with van der Waals surface area (Å²) in [6, 6.07) is 0. The van der Waals surface area contributed by atoms with E-state index in [9.17, 15) is 0 Å². The molecule has 104 valence electrons. The number of nitrogens with one attached hydrogen (secondary N) is 1. The quantitative estimate of drug-likeness (QED) is 0.810. The van der Waals surface area contributed by atoms with Crippen LogP contribution in [0.15, 0.2) is 12.4 Å². The highest BCUT2D eigenvalue weighted by Gasteiger charge is 2.19.